The molecule has 51 heavy (non-hydrogen) atoms. The van der Waals surface area contributed by atoms with Crippen molar-refractivity contribution in [3.05, 3.63) is 69.1 Å². The Labute approximate surface area is 301 Å². The molecule has 10 N–H and O–H groups in total. The monoisotopic (exact) mass is 716 g/mol. The number of furan rings is 1. The fourth-order valence-corrected chi connectivity index (χ4v) is 6.34. The molecule has 0 spiro atoms. The Morgan fingerprint density at radius 3 is 1.73 bits per heavy atom. The van der Waals surface area contributed by atoms with E-state index in [1.165, 1.54) is 9.75 Å². The summed E-state index contributed by atoms with van der Waals surface area (Å²) in [6.45, 7) is 10.8. The molecular weight excluding hydrogens is 669 g/mol. The molecule has 17 nitrogen and oxygen atoms in total. The van der Waals surface area contributed by atoms with Gasteiger partial charge in [-0.1, -0.05) is 0 Å². The summed E-state index contributed by atoms with van der Waals surface area (Å²) in [4.78, 5) is 33.4. The number of hydrogen-bond donors (Lipinski definition) is 10. The molecule has 272 valence electrons. The van der Waals surface area contributed by atoms with Crippen LogP contribution < -0.4 is 47.9 Å². The van der Waals surface area contributed by atoms with Gasteiger partial charge in [-0.15, -0.1) is 11.3 Å². The number of aromatic nitrogens is 1. The van der Waals surface area contributed by atoms with Crippen LogP contribution in [0.15, 0.2) is 70.8 Å². The molecule has 3 saturated heterocycles. The highest BCUT2D eigenvalue weighted by atomic mass is 32.1. The van der Waals surface area contributed by atoms with Crippen molar-refractivity contribution < 1.29 is 4.42 Å². The van der Waals surface area contributed by atoms with Gasteiger partial charge in [0, 0.05) is 54.1 Å². The number of rotatable bonds is 12. The standard InChI is InChI=1S/C33H48N16OS/c1-19-6-7-23(40-19)16-37-31-45-21(3)42-29(48-31)35-14-12-24-8-9-25(50-24)17-38-32-46-22(4)43-30(49-32)36-15-13-26-10-11-27(51-26)18-39-33-44-20(2)41-28(34-5)47-33/h6-11,20-22,40H,12-18H2,1-5H3,(H3,34,39,41,44,47)(H3,35,37,42,45,48)(H3,36,38,43,46,49). The number of nitrogens with zero attached hydrogens (tertiary/aromatic N) is 6. The van der Waals surface area contributed by atoms with E-state index in [-0.39, 0.29) is 18.5 Å². The van der Waals surface area contributed by atoms with Gasteiger partial charge in [-0.3, -0.25) is 30.9 Å². The van der Waals surface area contributed by atoms with Crippen molar-refractivity contribution in [3.63, 3.8) is 0 Å². The zero-order valence-electron chi connectivity index (χ0n) is 29.6. The van der Waals surface area contributed by atoms with E-state index in [1.807, 2.05) is 52.0 Å². The smallest absolute Gasteiger partial charge is 0.200 e. The van der Waals surface area contributed by atoms with Gasteiger partial charge >= 0.3 is 0 Å². The van der Waals surface area contributed by atoms with E-state index in [9.17, 15) is 0 Å². The fourth-order valence-electron chi connectivity index (χ4n) is 5.41. The lowest BCUT2D eigenvalue weighted by molar-refractivity contribution is 0.466. The fraction of sp³-hybridized carbons (Fsp3) is 0.455. The second-order valence-corrected chi connectivity index (χ2v) is 13.6. The Kier molecular flexibility index (Phi) is 11.7. The summed E-state index contributed by atoms with van der Waals surface area (Å²) in [5.41, 5.74) is 2.18. The maximum absolute atomic E-state index is 6.05. The number of hydrogen-bond acceptors (Lipinski definition) is 8. The SMILES string of the molecule is CN=C1NC(=NCc2ccc(CCN=C3NC(=NCc4ccc(CCN=C5NC(=NCc6ccc(C)[nH]6)NC(C)N5)o4)NC(C)N3)s2)NC(C)N1. The third-order valence-electron chi connectivity index (χ3n) is 7.83. The highest BCUT2D eigenvalue weighted by Gasteiger charge is 2.18. The quantitative estimate of drug-likeness (QED) is 0.129. The number of thiophene rings is 1. The summed E-state index contributed by atoms with van der Waals surface area (Å²) >= 11 is 1.75. The van der Waals surface area contributed by atoms with E-state index < -0.39 is 0 Å². The average molecular weight is 717 g/mol. The summed E-state index contributed by atoms with van der Waals surface area (Å²) < 4.78 is 6.05. The second-order valence-electron chi connectivity index (χ2n) is 12.3. The van der Waals surface area contributed by atoms with E-state index >= 15 is 0 Å². The van der Waals surface area contributed by atoms with E-state index in [2.05, 4.69) is 84.9 Å². The van der Waals surface area contributed by atoms with E-state index in [4.69, 9.17) is 14.4 Å². The molecule has 3 aromatic heterocycles. The Balaban J connectivity index is 0.938. The largest absolute Gasteiger partial charge is 0.464 e. The molecule has 6 heterocycles. The molecule has 3 atom stereocenters. The third kappa shape index (κ3) is 10.7. The molecule has 0 aliphatic carbocycles. The molecule has 6 rings (SSSR count). The average Bonchev–Trinajstić information content (AvgIpc) is 3.86. The van der Waals surface area contributed by atoms with Crippen molar-refractivity contribution in [2.24, 2.45) is 30.0 Å². The van der Waals surface area contributed by atoms with Crippen molar-refractivity contribution in [2.45, 2.75) is 78.7 Å². The minimum atomic E-state index is -0.0242. The molecule has 0 amide bonds. The van der Waals surface area contributed by atoms with E-state index in [1.54, 1.807) is 18.4 Å². The van der Waals surface area contributed by atoms with Crippen molar-refractivity contribution in [3.8, 4) is 0 Å². The Morgan fingerprint density at radius 2 is 1.10 bits per heavy atom. The normalized spacial score (nSPS) is 25.0. The van der Waals surface area contributed by atoms with Gasteiger partial charge in [0.1, 0.15) is 18.1 Å². The first-order valence-electron chi connectivity index (χ1n) is 17.2. The minimum Gasteiger partial charge on any atom is -0.464 e. The van der Waals surface area contributed by atoms with Gasteiger partial charge in [-0.05, 0) is 64.1 Å². The zero-order chi connectivity index (χ0) is 35.6. The van der Waals surface area contributed by atoms with Crippen LogP contribution in [0.1, 0.15) is 53.4 Å². The molecule has 3 fully saturated rings. The van der Waals surface area contributed by atoms with Gasteiger partial charge in [-0.25, -0.2) is 15.0 Å². The highest BCUT2D eigenvalue weighted by Crippen LogP contribution is 2.18. The van der Waals surface area contributed by atoms with E-state index in [0.29, 0.717) is 74.9 Å². The van der Waals surface area contributed by atoms with Crippen LogP contribution in [0.3, 0.4) is 0 Å². The number of guanidine groups is 6. The van der Waals surface area contributed by atoms with Crippen LogP contribution in [0.2, 0.25) is 0 Å². The van der Waals surface area contributed by atoms with Gasteiger partial charge in [0.05, 0.1) is 31.6 Å². The van der Waals surface area contributed by atoms with Gasteiger partial charge < -0.3 is 41.3 Å². The number of nitrogens with one attached hydrogen (secondary N) is 10. The van der Waals surface area contributed by atoms with Crippen LogP contribution in [0, 0.1) is 6.92 Å². The molecular formula is C33H48N16OS. The summed E-state index contributed by atoms with van der Waals surface area (Å²) in [5.74, 6) is 5.76. The predicted molar refractivity (Wildman–Crippen MR) is 204 cm³/mol. The number of H-pyrrole nitrogens is 1. The lowest BCUT2D eigenvalue weighted by atomic mass is 10.3. The van der Waals surface area contributed by atoms with Crippen LogP contribution in [0.4, 0.5) is 0 Å². The summed E-state index contributed by atoms with van der Waals surface area (Å²) in [6, 6.07) is 12.3. The molecule has 0 saturated carbocycles. The molecule has 3 aromatic rings. The molecule has 3 aliphatic heterocycles. The van der Waals surface area contributed by atoms with Gasteiger partial charge in [0.25, 0.3) is 0 Å². The Hall–Kier alpha value is -5.52. The highest BCUT2D eigenvalue weighted by molar-refractivity contribution is 7.12. The lowest BCUT2D eigenvalue weighted by Gasteiger charge is -2.27. The van der Waals surface area contributed by atoms with Crippen LogP contribution in [0.25, 0.3) is 0 Å². The lowest BCUT2D eigenvalue weighted by Crippen LogP contribution is -2.62. The first kappa shape index (κ1) is 35.3. The maximum Gasteiger partial charge on any atom is 0.200 e. The summed E-state index contributed by atoms with van der Waals surface area (Å²) in [7, 11) is 1.74. The van der Waals surface area contributed by atoms with Gasteiger partial charge in [0.15, 0.2) is 35.8 Å². The topological polar surface area (TPSA) is 211 Å². The number of aliphatic imine (C=N–C) groups is 6. The first-order chi connectivity index (χ1) is 24.8. The van der Waals surface area contributed by atoms with Crippen molar-refractivity contribution in [2.75, 3.05) is 20.1 Å². The van der Waals surface area contributed by atoms with Crippen molar-refractivity contribution in [1.29, 1.82) is 0 Å². The van der Waals surface area contributed by atoms with Gasteiger partial charge in [0.2, 0.25) is 0 Å². The number of aromatic amines is 1. The van der Waals surface area contributed by atoms with Crippen LogP contribution >= 0.6 is 11.3 Å². The molecule has 3 aliphatic rings. The molecule has 18 heteroatoms. The Morgan fingerprint density at radius 1 is 0.569 bits per heavy atom. The first-order valence-corrected chi connectivity index (χ1v) is 18.0. The van der Waals surface area contributed by atoms with Crippen LogP contribution in [-0.4, -0.2) is 79.4 Å². The van der Waals surface area contributed by atoms with Crippen LogP contribution in [-0.2, 0) is 32.5 Å². The Bertz CT molecular complexity index is 1810. The molecule has 0 aromatic carbocycles. The maximum atomic E-state index is 6.05. The number of aryl methyl sites for hydroxylation is 1. The third-order valence-corrected chi connectivity index (χ3v) is 8.96. The second kappa shape index (κ2) is 16.9. The summed E-state index contributed by atoms with van der Waals surface area (Å²) in [6.07, 6.45) is 1.53. The minimum absolute atomic E-state index is 0.00416. The molecule has 0 bridgehead atoms. The molecule has 0 radical (unpaired) electrons. The predicted octanol–water partition coefficient (Wildman–Crippen LogP) is 1.11. The summed E-state index contributed by atoms with van der Waals surface area (Å²) in [5, 5.41) is 29.3. The molecule has 3 unspecified atom stereocenters. The van der Waals surface area contributed by atoms with Gasteiger partial charge in [-0.2, -0.15) is 0 Å². The van der Waals surface area contributed by atoms with Crippen molar-refractivity contribution >= 4 is 47.1 Å². The van der Waals surface area contributed by atoms with Crippen molar-refractivity contribution in [1.82, 2.24) is 52.8 Å². The van der Waals surface area contributed by atoms with Crippen LogP contribution in [0.5, 0.6) is 0 Å². The van der Waals surface area contributed by atoms with E-state index in [0.717, 1.165) is 29.3 Å². The zero-order valence-corrected chi connectivity index (χ0v) is 30.5.